The molecule has 1 aliphatic rings. The van der Waals surface area contributed by atoms with Crippen LogP contribution >= 0.6 is 0 Å². The average molecular weight is 338 g/mol. The molecule has 1 unspecified atom stereocenters. The highest BCUT2D eigenvalue weighted by Gasteiger charge is 2.25. The fourth-order valence-corrected chi connectivity index (χ4v) is 2.66. The zero-order chi connectivity index (χ0) is 17.6. The zero-order valence-corrected chi connectivity index (χ0v) is 13.9. The molecule has 0 radical (unpaired) electrons. The van der Waals surface area contributed by atoms with Gasteiger partial charge < -0.3 is 16.4 Å². The number of nitrogens with one attached hydrogen (secondary N) is 2. The van der Waals surface area contributed by atoms with E-state index in [0.717, 1.165) is 24.8 Å². The molecule has 25 heavy (non-hydrogen) atoms. The molecule has 1 atom stereocenters. The minimum absolute atomic E-state index is 0.0926. The number of hydrogen-bond donors (Lipinski definition) is 3. The Bertz CT molecular complexity index is 727. The van der Waals surface area contributed by atoms with E-state index in [1.807, 2.05) is 12.1 Å². The fraction of sp³-hybridized carbons (Fsp3) is 0.316. The predicted octanol–water partition coefficient (Wildman–Crippen LogP) is 2.25. The first-order chi connectivity index (χ1) is 12.1. The number of nitrogens with zero attached hydrogens (tertiary/aromatic N) is 1. The van der Waals surface area contributed by atoms with Gasteiger partial charge in [0.25, 0.3) is 5.91 Å². The van der Waals surface area contributed by atoms with E-state index < -0.39 is 0 Å². The summed E-state index contributed by atoms with van der Waals surface area (Å²) in [6, 6.07) is 10.3. The molecule has 1 aromatic carbocycles. The van der Waals surface area contributed by atoms with Crippen LogP contribution in [0, 0.1) is 5.92 Å². The number of amides is 2. The van der Waals surface area contributed by atoms with Crippen LogP contribution in [0.2, 0.25) is 0 Å². The normalized spacial score (nSPS) is 15.1. The summed E-state index contributed by atoms with van der Waals surface area (Å²) in [6.07, 6.45) is 6.32. The van der Waals surface area contributed by atoms with Crippen LogP contribution in [0.15, 0.2) is 48.8 Å². The maximum absolute atomic E-state index is 12.2. The highest BCUT2D eigenvalue weighted by Crippen LogP contribution is 2.26. The van der Waals surface area contributed by atoms with Gasteiger partial charge in [0.05, 0.1) is 0 Å². The van der Waals surface area contributed by atoms with Crippen LogP contribution in [0.5, 0.6) is 0 Å². The Balaban J connectivity index is 1.53. The molecule has 3 rings (SSSR count). The Hall–Kier alpha value is -2.73. The van der Waals surface area contributed by atoms with Gasteiger partial charge in [-0.15, -0.1) is 0 Å². The zero-order valence-electron chi connectivity index (χ0n) is 13.9. The number of anilines is 1. The molecule has 1 aliphatic carbocycles. The number of carbonyl (C=O) groups is 2. The third-order valence-corrected chi connectivity index (χ3v) is 4.51. The quantitative estimate of drug-likeness (QED) is 0.752. The fourth-order valence-electron chi connectivity index (χ4n) is 2.66. The SMILES string of the molecule is NC(CNC(=O)C1CCC1)c1ccc(C(=O)Nc2ccncc2)cc1. The van der Waals surface area contributed by atoms with Crippen molar-refractivity contribution in [1.29, 1.82) is 0 Å². The van der Waals surface area contributed by atoms with Crippen LogP contribution in [-0.4, -0.2) is 23.3 Å². The van der Waals surface area contributed by atoms with Crippen LogP contribution in [0.3, 0.4) is 0 Å². The van der Waals surface area contributed by atoms with Gasteiger partial charge in [0, 0.05) is 42.1 Å². The van der Waals surface area contributed by atoms with Crippen molar-refractivity contribution < 1.29 is 9.59 Å². The number of hydrogen-bond acceptors (Lipinski definition) is 4. The van der Waals surface area contributed by atoms with Crippen molar-refractivity contribution in [2.45, 2.75) is 25.3 Å². The first-order valence-corrected chi connectivity index (χ1v) is 8.48. The molecule has 1 saturated carbocycles. The highest BCUT2D eigenvalue weighted by atomic mass is 16.2. The summed E-state index contributed by atoms with van der Waals surface area (Å²) in [7, 11) is 0. The Morgan fingerprint density at radius 2 is 1.80 bits per heavy atom. The van der Waals surface area contributed by atoms with Gasteiger partial charge in [-0.3, -0.25) is 14.6 Å². The number of rotatable bonds is 6. The number of nitrogens with two attached hydrogens (primary N) is 1. The second kappa shape index (κ2) is 7.90. The molecule has 0 spiro atoms. The maximum Gasteiger partial charge on any atom is 0.255 e. The number of pyridine rings is 1. The summed E-state index contributed by atoms with van der Waals surface area (Å²) in [5, 5.41) is 5.71. The number of carbonyl (C=O) groups excluding carboxylic acids is 2. The Labute approximate surface area is 146 Å². The van der Waals surface area contributed by atoms with Crippen molar-refractivity contribution in [3.63, 3.8) is 0 Å². The van der Waals surface area contributed by atoms with E-state index in [0.29, 0.717) is 17.8 Å². The molecule has 0 aliphatic heterocycles. The van der Waals surface area contributed by atoms with Crippen molar-refractivity contribution in [1.82, 2.24) is 10.3 Å². The van der Waals surface area contributed by atoms with Crippen molar-refractivity contribution in [2.75, 3.05) is 11.9 Å². The third kappa shape index (κ3) is 4.42. The Morgan fingerprint density at radius 1 is 1.12 bits per heavy atom. The van der Waals surface area contributed by atoms with Gasteiger partial charge in [-0.05, 0) is 42.7 Å². The molecule has 6 nitrogen and oxygen atoms in total. The number of aromatic nitrogens is 1. The first-order valence-electron chi connectivity index (χ1n) is 8.48. The molecule has 0 saturated heterocycles. The summed E-state index contributed by atoms with van der Waals surface area (Å²) < 4.78 is 0. The van der Waals surface area contributed by atoms with Crippen LogP contribution < -0.4 is 16.4 Å². The lowest BCUT2D eigenvalue weighted by molar-refractivity contribution is -0.127. The standard InChI is InChI=1S/C19H22N4O2/c20-17(12-22-18(24)14-2-1-3-14)13-4-6-15(7-5-13)19(25)23-16-8-10-21-11-9-16/h4-11,14,17H,1-3,12,20H2,(H,22,24)(H,21,23,25). The summed E-state index contributed by atoms with van der Waals surface area (Å²) in [5.41, 5.74) is 8.26. The van der Waals surface area contributed by atoms with Gasteiger partial charge in [-0.25, -0.2) is 0 Å². The lowest BCUT2D eigenvalue weighted by Crippen LogP contribution is -2.38. The van der Waals surface area contributed by atoms with Gasteiger partial charge in [0.1, 0.15) is 0 Å². The average Bonchev–Trinajstić information content (AvgIpc) is 2.59. The molecule has 4 N–H and O–H groups in total. The molecule has 2 aromatic rings. The molecule has 2 amide bonds. The third-order valence-electron chi connectivity index (χ3n) is 4.51. The monoisotopic (exact) mass is 338 g/mol. The largest absolute Gasteiger partial charge is 0.354 e. The van der Waals surface area contributed by atoms with Crippen LogP contribution in [0.25, 0.3) is 0 Å². The summed E-state index contributed by atoms with van der Waals surface area (Å²) in [6.45, 7) is 0.401. The minimum atomic E-state index is -0.290. The minimum Gasteiger partial charge on any atom is -0.354 e. The van der Waals surface area contributed by atoms with E-state index in [2.05, 4.69) is 15.6 Å². The molecular weight excluding hydrogens is 316 g/mol. The van der Waals surface area contributed by atoms with Gasteiger partial charge in [-0.2, -0.15) is 0 Å². The molecule has 6 heteroatoms. The molecule has 130 valence electrons. The van der Waals surface area contributed by atoms with Crippen molar-refractivity contribution in [2.24, 2.45) is 11.7 Å². The van der Waals surface area contributed by atoms with Gasteiger partial charge in [0.2, 0.25) is 5.91 Å². The Morgan fingerprint density at radius 3 is 2.40 bits per heavy atom. The lowest BCUT2D eigenvalue weighted by Gasteiger charge is -2.25. The second-order valence-electron chi connectivity index (χ2n) is 6.29. The highest BCUT2D eigenvalue weighted by molar-refractivity contribution is 6.04. The van der Waals surface area contributed by atoms with E-state index in [4.69, 9.17) is 5.73 Å². The summed E-state index contributed by atoms with van der Waals surface area (Å²) >= 11 is 0. The first kappa shape index (κ1) is 17.1. The maximum atomic E-state index is 12.2. The van der Waals surface area contributed by atoms with Crippen LogP contribution in [-0.2, 0) is 4.79 Å². The van der Waals surface area contributed by atoms with E-state index in [-0.39, 0.29) is 23.8 Å². The van der Waals surface area contributed by atoms with E-state index >= 15 is 0 Å². The Kier molecular flexibility index (Phi) is 5.40. The van der Waals surface area contributed by atoms with E-state index in [1.54, 1.807) is 36.7 Å². The van der Waals surface area contributed by atoms with E-state index in [9.17, 15) is 9.59 Å². The summed E-state index contributed by atoms with van der Waals surface area (Å²) in [5.74, 6) is 0.0612. The molecule has 1 fully saturated rings. The molecule has 1 heterocycles. The smallest absolute Gasteiger partial charge is 0.255 e. The van der Waals surface area contributed by atoms with Crippen molar-refractivity contribution >= 4 is 17.5 Å². The molecular formula is C19H22N4O2. The lowest BCUT2D eigenvalue weighted by atomic mass is 9.85. The van der Waals surface area contributed by atoms with Crippen LogP contribution in [0.4, 0.5) is 5.69 Å². The topological polar surface area (TPSA) is 97.1 Å². The second-order valence-corrected chi connectivity index (χ2v) is 6.29. The summed E-state index contributed by atoms with van der Waals surface area (Å²) in [4.78, 5) is 28.0. The number of benzene rings is 1. The molecule has 1 aromatic heterocycles. The van der Waals surface area contributed by atoms with Crippen molar-refractivity contribution in [3.05, 3.63) is 59.9 Å². The van der Waals surface area contributed by atoms with Crippen molar-refractivity contribution in [3.8, 4) is 0 Å². The van der Waals surface area contributed by atoms with E-state index in [1.165, 1.54) is 0 Å². The van der Waals surface area contributed by atoms with Gasteiger partial charge >= 0.3 is 0 Å². The van der Waals surface area contributed by atoms with Gasteiger partial charge in [-0.1, -0.05) is 18.6 Å². The molecule has 0 bridgehead atoms. The van der Waals surface area contributed by atoms with Gasteiger partial charge in [0.15, 0.2) is 0 Å². The van der Waals surface area contributed by atoms with Crippen LogP contribution in [0.1, 0.15) is 41.2 Å². The predicted molar refractivity (Wildman–Crippen MR) is 95.9 cm³/mol.